The van der Waals surface area contributed by atoms with Gasteiger partial charge in [0.15, 0.2) is 10.8 Å². The number of nitrogens with zero attached hydrogens (tertiary/aromatic N) is 3. The number of rotatable bonds is 8. The van der Waals surface area contributed by atoms with Gasteiger partial charge in [0.2, 0.25) is 0 Å². The third-order valence-electron chi connectivity index (χ3n) is 4.03. The lowest BCUT2D eigenvalue weighted by Gasteiger charge is -2.28. The molecular weight excluding hydrogens is 284 g/mol. The molecule has 1 aliphatic rings. The van der Waals surface area contributed by atoms with Gasteiger partial charge in [0.1, 0.15) is 0 Å². The van der Waals surface area contributed by atoms with Gasteiger partial charge in [0, 0.05) is 37.8 Å². The predicted octanol–water partition coefficient (Wildman–Crippen LogP) is 2.51. The van der Waals surface area contributed by atoms with Crippen molar-refractivity contribution in [1.29, 1.82) is 0 Å². The van der Waals surface area contributed by atoms with Gasteiger partial charge in [0.05, 0.1) is 18.3 Å². The van der Waals surface area contributed by atoms with E-state index in [0.29, 0.717) is 18.7 Å². The summed E-state index contributed by atoms with van der Waals surface area (Å²) >= 11 is 1.69. The molecule has 0 saturated heterocycles. The minimum atomic E-state index is 0.323. The van der Waals surface area contributed by atoms with Crippen molar-refractivity contribution in [1.82, 2.24) is 14.7 Å². The van der Waals surface area contributed by atoms with Crippen molar-refractivity contribution in [2.75, 3.05) is 25.2 Å². The van der Waals surface area contributed by atoms with Gasteiger partial charge in [-0.25, -0.2) is 4.98 Å². The minimum absolute atomic E-state index is 0.323. The number of aromatic nitrogens is 2. The number of imidazole rings is 1. The first-order valence-corrected chi connectivity index (χ1v) is 8.56. The van der Waals surface area contributed by atoms with E-state index < -0.39 is 0 Å². The van der Waals surface area contributed by atoms with Gasteiger partial charge in [-0.15, -0.1) is 11.3 Å². The molecule has 1 fully saturated rings. The van der Waals surface area contributed by atoms with Crippen molar-refractivity contribution < 1.29 is 4.74 Å². The maximum Gasteiger partial charge on any atom is 0.195 e. The third kappa shape index (κ3) is 3.07. The minimum Gasteiger partial charge on any atom is -0.383 e. The second-order valence-corrected chi connectivity index (χ2v) is 6.56. The molecule has 1 unspecified atom stereocenters. The van der Waals surface area contributed by atoms with Gasteiger partial charge in [0.25, 0.3) is 0 Å². The van der Waals surface area contributed by atoms with Crippen LogP contribution in [0.25, 0.3) is 4.96 Å². The lowest BCUT2D eigenvalue weighted by molar-refractivity contribution is 0.181. The van der Waals surface area contributed by atoms with Crippen LogP contribution in [0.4, 0.5) is 5.82 Å². The average Bonchev–Trinajstić information content (AvgIpc) is 3.07. The van der Waals surface area contributed by atoms with Crippen LogP contribution in [0, 0.1) is 0 Å². The molecule has 0 aliphatic heterocycles. The standard InChI is InChI=1S/C15H24N4OS/c1-4-18(11(2)10-20-3)14-13(9-16-12-5-6-12)19-7-8-21-15(19)17-14/h7-8,11-12,16H,4-6,9-10H2,1-3H3. The summed E-state index contributed by atoms with van der Waals surface area (Å²) in [6, 6.07) is 1.03. The quantitative estimate of drug-likeness (QED) is 0.813. The number of anilines is 1. The maximum absolute atomic E-state index is 5.32. The molecule has 1 N–H and O–H groups in total. The molecule has 21 heavy (non-hydrogen) atoms. The van der Waals surface area contributed by atoms with E-state index in [1.165, 1.54) is 18.5 Å². The van der Waals surface area contributed by atoms with Crippen LogP contribution in [-0.4, -0.2) is 41.7 Å². The van der Waals surface area contributed by atoms with Crippen molar-refractivity contribution in [3.8, 4) is 0 Å². The first kappa shape index (κ1) is 14.8. The summed E-state index contributed by atoms with van der Waals surface area (Å²) < 4.78 is 7.54. The maximum atomic E-state index is 5.32. The van der Waals surface area contributed by atoms with Crippen LogP contribution >= 0.6 is 11.3 Å². The molecule has 1 saturated carbocycles. The molecule has 3 rings (SSSR count). The van der Waals surface area contributed by atoms with Gasteiger partial charge in [-0.1, -0.05) is 0 Å². The highest BCUT2D eigenvalue weighted by Gasteiger charge is 2.25. The van der Waals surface area contributed by atoms with Crippen LogP contribution in [0.5, 0.6) is 0 Å². The van der Waals surface area contributed by atoms with Crippen LogP contribution in [0.1, 0.15) is 32.4 Å². The molecule has 116 valence electrons. The Morgan fingerprint density at radius 1 is 1.57 bits per heavy atom. The van der Waals surface area contributed by atoms with E-state index >= 15 is 0 Å². The van der Waals surface area contributed by atoms with E-state index in [4.69, 9.17) is 9.72 Å². The highest BCUT2D eigenvalue weighted by atomic mass is 32.1. The van der Waals surface area contributed by atoms with Gasteiger partial charge < -0.3 is 15.0 Å². The Morgan fingerprint density at radius 2 is 2.38 bits per heavy atom. The Morgan fingerprint density at radius 3 is 3.05 bits per heavy atom. The number of nitrogens with one attached hydrogen (secondary N) is 1. The highest BCUT2D eigenvalue weighted by Crippen LogP contribution is 2.27. The lowest BCUT2D eigenvalue weighted by atomic mass is 10.2. The number of ether oxygens (including phenoxy) is 1. The van der Waals surface area contributed by atoms with Crippen molar-refractivity contribution in [2.24, 2.45) is 0 Å². The molecule has 2 aromatic rings. The summed E-state index contributed by atoms with van der Waals surface area (Å²) in [6.45, 7) is 6.91. The summed E-state index contributed by atoms with van der Waals surface area (Å²) in [5, 5.41) is 5.72. The third-order valence-corrected chi connectivity index (χ3v) is 4.78. The fourth-order valence-corrected chi connectivity index (χ4v) is 3.47. The van der Waals surface area contributed by atoms with Crippen LogP contribution in [0.3, 0.4) is 0 Å². The van der Waals surface area contributed by atoms with Crippen LogP contribution < -0.4 is 10.2 Å². The number of hydrogen-bond acceptors (Lipinski definition) is 5. The molecule has 1 aliphatic carbocycles. The Kier molecular flexibility index (Phi) is 4.47. The summed E-state index contributed by atoms with van der Waals surface area (Å²) in [5.41, 5.74) is 1.27. The van der Waals surface area contributed by atoms with Crippen molar-refractivity contribution in [3.05, 3.63) is 17.3 Å². The van der Waals surface area contributed by atoms with Gasteiger partial charge in [-0.2, -0.15) is 0 Å². The Labute approximate surface area is 129 Å². The van der Waals surface area contributed by atoms with Crippen LogP contribution in [0.15, 0.2) is 11.6 Å². The SMILES string of the molecule is CCN(c1nc2sccn2c1CNC1CC1)C(C)COC. The molecule has 0 amide bonds. The van der Waals surface area contributed by atoms with Crippen molar-refractivity contribution in [3.63, 3.8) is 0 Å². The molecule has 0 spiro atoms. The summed E-state index contributed by atoms with van der Waals surface area (Å²) in [5.74, 6) is 1.10. The fraction of sp³-hybridized carbons (Fsp3) is 0.667. The van der Waals surface area contributed by atoms with E-state index in [9.17, 15) is 0 Å². The number of likely N-dealkylation sites (N-methyl/N-ethyl adjacent to an activating group) is 1. The van der Waals surface area contributed by atoms with E-state index in [1.54, 1.807) is 18.4 Å². The monoisotopic (exact) mass is 308 g/mol. The van der Waals surface area contributed by atoms with Crippen LogP contribution in [-0.2, 0) is 11.3 Å². The molecular formula is C15H24N4OS. The van der Waals surface area contributed by atoms with E-state index in [2.05, 4.69) is 40.0 Å². The molecule has 2 heterocycles. The number of methoxy groups -OCH3 is 1. The molecule has 6 heteroatoms. The summed E-state index contributed by atoms with van der Waals surface area (Å²) in [6.07, 6.45) is 4.73. The zero-order valence-corrected chi connectivity index (χ0v) is 13.8. The average molecular weight is 308 g/mol. The van der Waals surface area contributed by atoms with E-state index in [1.807, 2.05) is 0 Å². The highest BCUT2D eigenvalue weighted by molar-refractivity contribution is 7.15. The zero-order valence-electron chi connectivity index (χ0n) is 13.0. The van der Waals surface area contributed by atoms with Crippen molar-refractivity contribution >= 4 is 22.1 Å². The Bertz CT molecular complexity index is 590. The normalized spacial score (nSPS) is 16.5. The smallest absolute Gasteiger partial charge is 0.195 e. The summed E-state index contributed by atoms with van der Waals surface area (Å²) in [7, 11) is 1.76. The largest absolute Gasteiger partial charge is 0.383 e. The first-order valence-electron chi connectivity index (χ1n) is 7.68. The molecule has 0 aromatic carbocycles. The molecule has 0 bridgehead atoms. The number of fused-ring (bicyclic) bond motifs is 1. The van der Waals surface area contributed by atoms with Gasteiger partial charge in [-0.05, 0) is 26.7 Å². The fourth-order valence-electron chi connectivity index (χ4n) is 2.75. The van der Waals surface area contributed by atoms with Crippen LogP contribution in [0.2, 0.25) is 0 Å². The van der Waals surface area contributed by atoms with Gasteiger partial charge >= 0.3 is 0 Å². The van der Waals surface area contributed by atoms with Gasteiger partial charge in [-0.3, -0.25) is 4.40 Å². The molecule has 2 aromatic heterocycles. The summed E-state index contributed by atoms with van der Waals surface area (Å²) in [4.78, 5) is 8.27. The molecule has 1 atom stereocenters. The van der Waals surface area contributed by atoms with Crippen molar-refractivity contribution in [2.45, 2.75) is 45.3 Å². The predicted molar refractivity (Wildman–Crippen MR) is 87.3 cm³/mol. The molecule has 0 radical (unpaired) electrons. The van der Waals surface area contributed by atoms with E-state index in [-0.39, 0.29) is 0 Å². The Hall–Kier alpha value is -1.11. The molecule has 5 nitrogen and oxygen atoms in total. The second-order valence-electron chi connectivity index (χ2n) is 5.68. The zero-order chi connectivity index (χ0) is 14.8. The topological polar surface area (TPSA) is 41.8 Å². The lowest BCUT2D eigenvalue weighted by Crippen LogP contribution is -2.37. The first-order chi connectivity index (χ1) is 10.2. The number of thiazole rings is 1. The number of hydrogen-bond donors (Lipinski definition) is 1. The second kappa shape index (κ2) is 6.34. The Balaban J connectivity index is 1.90. The van der Waals surface area contributed by atoms with E-state index in [0.717, 1.165) is 23.9 Å².